The van der Waals surface area contributed by atoms with Gasteiger partial charge in [0.25, 0.3) is 5.91 Å². The zero-order valence-corrected chi connectivity index (χ0v) is 11.7. The van der Waals surface area contributed by atoms with Gasteiger partial charge in [0.05, 0.1) is 11.6 Å². The lowest BCUT2D eigenvalue weighted by Crippen LogP contribution is -2.35. The summed E-state index contributed by atoms with van der Waals surface area (Å²) in [6, 6.07) is 6.15. The monoisotopic (exact) mass is 289 g/mol. The van der Waals surface area contributed by atoms with E-state index in [2.05, 4.69) is 0 Å². The molecule has 110 valence electrons. The number of hydrogen-bond donors (Lipinski definition) is 2. The van der Waals surface area contributed by atoms with Gasteiger partial charge in [-0.25, -0.2) is 0 Å². The third-order valence-corrected chi connectivity index (χ3v) is 3.38. The molecular formula is C15H15NO5. The molecule has 1 amide bonds. The van der Waals surface area contributed by atoms with E-state index < -0.39 is 36.0 Å². The molecule has 21 heavy (non-hydrogen) atoms. The number of carbonyl (C=O) groups excluding carboxylic acids is 2. The molecule has 0 aliphatic carbocycles. The average molecular weight is 289 g/mol. The molecule has 1 aromatic carbocycles. The van der Waals surface area contributed by atoms with Crippen molar-refractivity contribution in [3.8, 4) is 0 Å². The highest BCUT2D eigenvalue weighted by Crippen LogP contribution is 2.37. The SMILES string of the molecule is CC(=O)C1=C(O)C(=O)N(CC(=O)O)[C@H]1c1ccc(C)cc1. The maximum absolute atomic E-state index is 12.0. The van der Waals surface area contributed by atoms with Gasteiger partial charge in [0.2, 0.25) is 0 Å². The van der Waals surface area contributed by atoms with Gasteiger partial charge in [-0.1, -0.05) is 29.8 Å². The van der Waals surface area contributed by atoms with Crippen molar-refractivity contribution in [3.05, 3.63) is 46.7 Å². The molecule has 0 aromatic heterocycles. The first kappa shape index (κ1) is 14.8. The second kappa shape index (κ2) is 5.40. The standard InChI is InChI=1S/C15H15NO5/c1-8-3-5-10(6-4-8)13-12(9(2)17)14(20)15(21)16(13)7-11(18)19/h3-6,13,20H,7H2,1-2H3,(H,18,19)/t13-/m0/s1. The Hall–Kier alpha value is -2.63. The number of aliphatic carboxylic acids is 1. The Kier molecular flexibility index (Phi) is 3.80. The van der Waals surface area contributed by atoms with Gasteiger partial charge in [0, 0.05) is 0 Å². The van der Waals surface area contributed by atoms with Crippen LogP contribution in [0, 0.1) is 6.92 Å². The summed E-state index contributed by atoms with van der Waals surface area (Å²) in [4.78, 5) is 35.7. The van der Waals surface area contributed by atoms with Crippen molar-refractivity contribution in [1.29, 1.82) is 0 Å². The van der Waals surface area contributed by atoms with Crippen LogP contribution >= 0.6 is 0 Å². The first-order valence-corrected chi connectivity index (χ1v) is 6.36. The van der Waals surface area contributed by atoms with Gasteiger partial charge < -0.3 is 15.1 Å². The highest BCUT2D eigenvalue weighted by atomic mass is 16.4. The lowest BCUT2D eigenvalue weighted by molar-refractivity contribution is -0.144. The van der Waals surface area contributed by atoms with Crippen molar-refractivity contribution in [3.63, 3.8) is 0 Å². The Labute approximate surface area is 121 Å². The second-order valence-electron chi connectivity index (χ2n) is 4.96. The van der Waals surface area contributed by atoms with Crippen molar-refractivity contribution in [1.82, 2.24) is 4.90 Å². The molecule has 0 radical (unpaired) electrons. The molecule has 1 aliphatic rings. The van der Waals surface area contributed by atoms with Crippen LogP contribution in [0.25, 0.3) is 0 Å². The lowest BCUT2D eigenvalue weighted by atomic mass is 9.96. The summed E-state index contributed by atoms with van der Waals surface area (Å²) in [5.74, 6) is -3.18. The smallest absolute Gasteiger partial charge is 0.323 e. The maximum Gasteiger partial charge on any atom is 0.323 e. The van der Waals surface area contributed by atoms with Crippen LogP contribution in [-0.2, 0) is 14.4 Å². The summed E-state index contributed by atoms with van der Waals surface area (Å²) in [6.07, 6.45) is 0. The van der Waals surface area contributed by atoms with E-state index in [9.17, 15) is 19.5 Å². The lowest BCUT2D eigenvalue weighted by Gasteiger charge is -2.25. The van der Waals surface area contributed by atoms with E-state index in [1.165, 1.54) is 6.92 Å². The molecule has 1 aliphatic heterocycles. The van der Waals surface area contributed by atoms with Crippen LogP contribution in [-0.4, -0.2) is 39.3 Å². The fraction of sp³-hybridized carbons (Fsp3) is 0.267. The predicted molar refractivity (Wildman–Crippen MR) is 73.6 cm³/mol. The summed E-state index contributed by atoms with van der Waals surface area (Å²) < 4.78 is 0. The van der Waals surface area contributed by atoms with Crippen LogP contribution in [0.2, 0.25) is 0 Å². The highest BCUT2D eigenvalue weighted by molar-refractivity contribution is 6.08. The summed E-state index contributed by atoms with van der Waals surface area (Å²) in [5.41, 5.74) is 1.51. The number of carboxylic acid groups (broad SMARTS) is 1. The Morgan fingerprint density at radius 3 is 2.29 bits per heavy atom. The summed E-state index contributed by atoms with van der Waals surface area (Å²) in [5, 5.41) is 18.8. The van der Waals surface area contributed by atoms with Gasteiger partial charge in [0.1, 0.15) is 6.54 Å². The number of hydrogen-bond acceptors (Lipinski definition) is 4. The van der Waals surface area contributed by atoms with E-state index in [-0.39, 0.29) is 5.57 Å². The molecule has 2 N–H and O–H groups in total. The molecule has 1 atom stereocenters. The number of rotatable bonds is 4. The number of nitrogens with zero attached hydrogens (tertiary/aromatic N) is 1. The Morgan fingerprint density at radius 1 is 1.24 bits per heavy atom. The fourth-order valence-electron chi connectivity index (χ4n) is 2.42. The number of carboxylic acids is 1. The molecule has 2 rings (SSSR count). The molecule has 0 saturated heterocycles. The topological polar surface area (TPSA) is 94.9 Å². The first-order valence-electron chi connectivity index (χ1n) is 6.36. The Morgan fingerprint density at radius 2 is 1.81 bits per heavy atom. The number of aliphatic hydroxyl groups is 1. The quantitative estimate of drug-likeness (QED) is 0.872. The van der Waals surface area contributed by atoms with Crippen LogP contribution in [0.1, 0.15) is 24.1 Å². The van der Waals surface area contributed by atoms with Gasteiger partial charge in [0.15, 0.2) is 11.5 Å². The molecule has 1 aromatic rings. The van der Waals surface area contributed by atoms with E-state index in [1.807, 2.05) is 6.92 Å². The molecule has 0 saturated carbocycles. The third-order valence-electron chi connectivity index (χ3n) is 3.38. The van der Waals surface area contributed by atoms with E-state index in [0.29, 0.717) is 5.56 Å². The van der Waals surface area contributed by atoms with E-state index in [4.69, 9.17) is 5.11 Å². The van der Waals surface area contributed by atoms with Gasteiger partial charge in [-0.3, -0.25) is 14.4 Å². The number of carbonyl (C=O) groups is 3. The first-order chi connectivity index (χ1) is 9.82. The van der Waals surface area contributed by atoms with E-state index in [0.717, 1.165) is 10.5 Å². The minimum absolute atomic E-state index is 0.0647. The molecule has 0 unspecified atom stereocenters. The second-order valence-corrected chi connectivity index (χ2v) is 4.96. The van der Waals surface area contributed by atoms with Crippen molar-refractivity contribution in [2.24, 2.45) is 0 Å². The largest absolute Gasteiger partial charge is 0.503 e. The Balaban J connectivity index is 2.53. The minimum atomic E-state index is -1.21. The fourth-order valence-corrected chi connectivity index (χ4v) is 2.42. The van der Waals surface area contributed by atoms with Crippen molar-refractivity contribution < 1.29 is 24.6 Å². The van der Waals surface area contributed by atoms with Crippen LogP contribution < -0.4 is 0 Å². The number of aliphatic hydroxyl groups excluding tert-OH is 1. The number of benzene rings is 1. The molecule has 6 nitrogen and oxygen atoms in total. The zero-order chi connectivity index (χ0) is 15.7. The average Bonchev–Trinajstić information content (AvgIpc) is 2.64. The molecule has 0 fully saturated rings. The van der Waals surface area contributed by atoms with Crippen LogP contribution in [0.5, 0.6) is 0 Å². The number of aryl methyl sites for hydroxylation is 1. The highest BCUT2D eigenvalue weighted by Gasteiger charge is 2.43. The Bertz CT molecular complexity index is 645. The summed E-state index contributed by atoms with van der Waals surface area (Å²) >= 11 is 0. The predicted octanol–water partition coefficient (Wildman–Crippen LogP) is 1.36. The van der Waals surface area contributed by atoms with Crippen LogP contribution in [0.15, 0.2) is 35.6 Å². The van der Waals surface area contributed by atoms with Gasteiger partial charge >= 0.3 is 5.97 Å². The van der Waals surface area contributed by atoms with Crippen molar-refractivity contribution in [2.75, 3.05) is 6.54 Å². The normalized spacial score (nSPS) is 18.3. The minimum Gasteiger partial charge on any atom is -0.503 e. The van der Waals surface area contributed by atoms with Gasteiger partial charge in [-0.15, -0.1) is 0 Å². The number of Topliss-reactive ketones (excluding diaryl/α,β-unsaturated/α-hetero) is 1. The number of ketones is 1. The molecule has 1 heterocycles. The molecule has 6 heteroatoms. The van der Waals surface area contributed by atoms with Crippen molar-refractivity contribution >= 4 is 17.7 Å². The van der Waals surface area contributed by atoms with Gasteiger partial charge in [-0.2, -0.15) is 0 Å². The summed E-state index contributed by atoms with van der Waals surface area (Å²) in [7, 11) is 0. The van der Waals surface area contributed by atoms with Gasteiger partial charge in [-0.05, 0) is 19.4 Å². The van der Waals surface area contributed by atoms with E-state index in [1.54, 1.807) is 24.3 Å². The zero-order valence-electron chi connectivity index (χ0n) is 11.7. The molecular weight excluding hydrogens is 274 g/mol. The van der Waals surface area contributed by atoms with Crippen LogP contribution in [0.3, 0.4) is 0 Å². The maximum atomic E-state index is 12.0. The van der Waals surface area contributed by atoms with E-state index >= 15 is 0 Å². The third kappa shape index (κ3) is 2.65. The molecule has 0 spiro atoms. The number of amides is 1. The van der Waals surface area contributed by atoms with Crippen LogP contribution in [0.4, 0.5) is 0 Å². The van der Waals surface area contributed by atoms with Crippen molar-refractivity contribution in [2.45, 2.75) is 19.9 Å². The summed E-state index contributed by atoms with van der Waals surface area (Å²) in [6.45, 7) is 2.54. The molecule has 0 bridgehead atoms.